The van der Waals surface area contributed by atoms with Crippen LogP contribution in [0.5, 0.6) is 5.75 Å². The van der Waals surface area contributed by atoms with E-state index in [0.29, 0.717) is 6.54 Å². The molecule has 1 N–H and O–H groups in total. The van der Waals surface area contributed by atoms with Gasteiger partial charge in [0.05, 0.1) is 12.1 Å². The summed E-state index contributed by atoms with van der Waals surface area (Å²) in [6.07, 6.45) is 0.651. The van der Waals surface area contributed by atoms with Crippen LogP contribution in [0, 0.1) is 5.82 Å². The molecule has 0 spiro atoms. The Morgan fingerprint density at radius 3 is 2.88 bits per heavy atom. The van der Waals surface area contributed by atoms with Crippen molar-refractivity contribution >= 4 is 5.91 Å². The zero-order chi connectivity index (χ0) is 17.9. The molecule has 8 heteroatoms. The molecule has 3 aromatic rings. The third kappa shape index (κ3) is 3.26. The Labute approximate surface area is 148 Å². The van der Waals surface area contributed by atoms with E-state index in [-0.39, 0.29) is 29.9 Å². The number of carbonyl (C=O) groups is 1. The molecule has 2 aromatic carbocycles. The quantitative estimate of drug-likeness (QED) is 0.753. The molecule has 1 amide bonds. The Bertz CT molecular complexity index is 918. The Hall–Kier alpha value is -3.29. The molecule has 0 radical (unpaired) electrons. The van der Waals surface area contributed by atoms with Crippen LogP contribution in [-0.2, 0) is 17.8 Å². The van der Waals surface area contributed by atoms with Crippen LogP contribution in [0.15, 0.2) is 48.5 Å². The van der Waals surface area contributed by atoms with Gasteiger partial charge in [0.25, 0.3) is 0 Å². The maximum absolute atomic E-state index is 13.9. The molecule has 0 unspecified atom stereocenters. The molecule has 1 atom stereocenters. The van der Waals surface area contributed by atoms with Gasteiger partial charge < -0.3 is 10.1 Å². The van der Waals surface area contributed by atoms with Gasteiger partial charge in [-0.3, -0.25) is 4.79 Å². The minimum atomic E-state index is -0.443. The van der Waals surface area contributed by atoms with Gasteiger partial charge in [0, 0.05) is 6.42 Å². The van der Waals surface area contributed by atoms with Crippen molar-refractivity contribution in [3.8, 4) is 17.1 Å². The standard InChI is InChI=1S/C18H16FN5O2/c19-15-7-3-2-6-14(15)18-21-22-23-24(18)11-17(25)20-10-13-9-12-5-1-4-8-16(12)26-13/h1-8,13H,9-11H2,(H,20,25)/t13-/m0/s1. The number of benzene rings is 2. The smallest absolute Gasteiger partial charge is 0.242 e. The van der Waals surface area contributed by atoms with E-state index in [1.54, 1.807) is 18.2 Å². The van der Waals surface area contributed by atoms with Crippen molar-refractivity contribution in [1.82, 2.24) is 25.5 Å². The van der Waals surface area contributed by atoms with Gasteiger partial charge >= 0.3 is 0 Å². The molecule has 0 saturated carbocycles. The van der Waals surface area contributed by atoms with E-state index in [4.69, 9.17) is 4.74 Å². The van der Waals surface area contributed by atoms with E-state index < -0.39 is 5.82 Å². The van der Waals surface area contributed by atoms with E-state index in [1.807, 2.05) is 24.3 Å². The molecule has 1 aromatic heterocycles. The number of carbonyl (C=O) groups excluding carboxylic acids is 1. The van der Waals surface area contributed by atoms with Crippen LogP contribution in [0.3, 0.4) is 0 Å². The maximum Gasteiger partial charge on any atom is 0.242 e. The van der Waals surface area contributed by atoms with Crippen LogP contribution in [0.4, 0.5) is 4.39 Å². The highest BCUT2D eigenvalue weighted by Crippen LogP contribution is 2.27. The van der Waals surface area contributed by atoms with Gasteiger partial charge in [-0.05, 0) is 34.2 Å². The number of fused-ring (bicyclic) bond motifs is 1. The van der Waals surface area contributed by atoms with Crippen LogP contribution < -0.4 is 10.1 Å². The number of hydrogen-bond donors (Lipinski definition) is 1. The fourth-order valence-corrected chi connectivity index (χ4v) is 2.93. The van der Waals surface area contributed by atoms with Crippen molar-refractivity contribution in [2.75, 3.05) is 6.54 Å². The molecule has 0 bridgehead atoms. The summed E-state index contributed by atoms with van der Waals surface area (Å²) in [5.41, 5.74) is 1.38. The highest BCUT2D eigenvalue weighted by molar-refractivity contribution is 5.76. The maximum atomic E-state index is 13.9. The van der Waals surface area contributed by atoms with Gasteiger partial charge in [-0.15, -0.1) is 5.10 Å². The number of aromatic nitrogens is 4. The van der Waals surface area contributed by atoms with Gasteiger partial charge in [0.1, 0.15) is 24.2 Å². The Balaban J connectivity index is 1.37. The van der Waals surface area contributed by atoms with Crippen LogP contribution >= 0.6 is 0 Å². The highest BCUT2D eigenvalue weighted by Gasteiger charge is 2.23. The molecule has 26 heavy (non-hydrogen) atoms. The predicted molar refractivity (Wildman–Crippen MR) is 90.8 cm³/mol. The lowest BCUT2D eigenvalue weighted by Crippen LogP contribution is -2.36. The van der Waals surface area contributed by atoms with Crippen molar-refractivity contribution in [2.45, 2.75) is 19.1 Å². The molecular weight excluding hydrogens is 337 g/mol. The lowest BCUT2D eigenvalue weighted by Gasteiger charge is -2.12. The highest BCUT2D eigenvalue weighted by atomic mass is 19.1. The molecule has 2 heterocycles. The first kappa shape index (κ1) is 16.2. The first-order valence-corrected chi connectivity index (χ1v) is 8.23. The van der Waals surface area contributed by atoms with Crippen molar-refractivity contribution in [3.05, 3.63) is 59.9 Å². The number of rotatable bonds is 5. The third-order valence-electron chi connectivity index (χ3n) is 4.18. The number of nitrogens with zero attached hydrogens (tertiary/aromatic N) is 4. The topological polar surface area (TPSA) is 81.9 Å². The van der Waals surface area contributed by atoms with E-state index >= 15 is 0 Å². The molecule has 4 rings (SSSR count). The number of para-hydroxylation sites is 1. The summed E-state index contributed by atoms with van der Waals surface area (Å²) in [6, 6.07) is 14.0. The predicted octanol–water partition coefficient (Wildman–Crippen LogP) is 1.60. The van der Waals surface area contributed by atoms with Gasteiger partial charge in [0.15, 0.2) is 5.82 Å². The zero-order valence-corrected chi connectivity index (χ0v) is 13.8. The Morgan fingerprint density at radius 1 is 1.23 bits per heavy atom. The average molecular weight is 353 g/mol. The summed E-state index contributed by atoms with van der Waals surface area (Å²) in [5.74, 6) is 0.354. The summed E-state index contributed by atoms with van der Waals surface area (Å²) >= 11 is 0. The summed E-state index contributed by atoms with van der Waals surface area (Å²) in [5, 5.41) is 14.0. The summed E-state index contributed by atoms with van der Waals surface area (Å²) in [6.45, 7) is 0.279. The number of hydrogen-bond acceptors (Lipinski definition) is 5. The fraction of sp³-hybridized carbons (Fsp3) is 0.222. The molecule has 1 aliphatic heterocycles. The lowest BCUT2D eigenvalue weighted by atomic mass is 10.1. The fourth-order valence-electron chi connectivity index (χ4n) is 2.93. The van der Waals surface area contributed by atoms with E-state index in [9.17, 15) is 9.18 Å². The number of nitrogens with one attached hydrogen (secondary N) is 1. The normalized spacial score (nSPS) is 15.3. The minimum absolute atomic E-state index is 0.101. The molecule has 0 fully saturated rings. The molecule has 7 nitrogen and oxygen atoms in total. The van der Waals surface area contributed by atoms with Crippen LogP contribution in [0.25, 0.3) is 11.4 Å². The zero-order valence-electron chi connectivity index (χ0n) is 13.8. The van der Waals surface area contributed by atoms with Gasteiger partial charge in [-0.25, -0.2) is 9.07 Å². The van der Waals surface area contributed by atoms with E-state index in [2.05, 4.69) is 20.8 Å². The van der Waals surface area contributed by atoms with Gasteiger partial charge in [-0.2, -0.15) is 0 Å². The molecule has 132 valence electrons. The minimum Gasteiger partial charge on any atom is -0.488 e. The molecular formula is C18H16FN5O2. The third-order valence-corrected chi connectivity index (χ3v) is 4.18. The second kappa shape index (κ2) is 6.91. The first-order chi connectivity index (χ1) is 12.7. The van der Waals surface area contributed by atoms with E-state index in [0.717, 1.165) is 17.7 Å². The summed E-state index contributed by atoms with van der Waals surface area (Å²) in [4.78, 5) is 12.2. The summed E-state index contributed by atoms with van der Waals surface area (Å²) in [7, 11) is 0. The van der Waals surface area contributed by atoms with Crippen molar-refractivity contribution in [3.63, 3.8) is 0 Å². The molecule has 0 aliphatic carbocycles. The number of amides is 1. The second-order valence-corrected chi connectivity index (χ2v) is 6.00. The SMILES string of the molecule is O=C(Cn1nnnc1-c1ccccc1F)NC[C@@H]1Cc2ccccc2O1. The first-order valence-electron chi connectivity index (χ1n) is 8.23. The molecule has 1 aliphatic rings. The van der Waals surface area contributed by atoms with Crippen molar-refractivity contribution in [2.24, 2.45) is 0 Å². The Morgan fingerprint density at radius 2 is 2.04 bits per heavy atom. The average Bonchev–Trinajstić information content (AvgIpc) is 3.26. The number of ether oxygens (including phenoxy) is 1. The largest absolute Gasteiger partial charge is 0.488 e. The molecule has 0 saturated heterocycles. The Kier molecular flexibility index (Phi) is 4.30. The van der Waals surface area contributed by atoms with Gasteiger partial charge in [0.2, 0.25) is 5.91 Å². The second-order valence-electron chi connectivity index (χ2n) is 6.00. The van der Waals surface area contributed by atoms with E-state index in [1.165, 1.54) is 10.7 Å². The van der Waals surface area contributed by atoms with Crippen LogP contribution in [0.2, 0.25) is 0 Å². The number of tetrazole rings is 1. The van der Waals surface area contributed by atoms with Crippen molar-refractivity contribution < 1.29 is 13.9 Å². The lowest BCUT2D eigenvalue weighted by molar-refractivity contribution is -0.122. The van der Waals surface area contributed by atoms with Gasteiger partial charge in [-0.1, -0.05) is 30.3 Å². The van der Waals surface area contributed by atoms with Crippen LogP contribution in [-0.4, -0.2) is 38.8 Å². The number of halogens is 1. The van der Waals surface area contributed by atoms with Crippen molar-refractivity contribution in [1.29, 1.82) is 0 Å². The monoisotopic (exact) mass is 353 g/mol. The van der Waals surface area contributed by atoms with Crippen LogP contribution in [0.1, 0.15) is 5.56 Å². The summed E-state index contributed by atoms with van der Waals surface area (Å²) < 4.78 is 21.0.